The van der Waals surface area contributed by atoms with E-state index in [-0.39, 0.29) is 23.7 Å². The van der Waals surface area contributed by atoms with E-state index < -0.39 is 21.8 Å². The van der Waals surface area contributed by atoms with Crippen molar-refractivity contribution >= 4 is 21.4 Å². The van der Waals surface area contributed by atoms with E-state index in [2.05, 4.69) is 0 Å². The summed E-state index contributed by atoms with van der Waals surface area (Å²) in [4.78, 5) is -0.0851. The van der Waals surface area contributed by atoms with E-state index in [1.54, 1.807) is 36.0 Å². The third-order valence-corrected chi connectivity index (χ3v) is 7.40. The van der Waals surface area contributed by atoms with Crippen LogP contribution in [-0.4, -0.2) is 17.3 Å². The van der Waals surface area contributed by atoms with Crippen molar-refractivity contribution in [2.45, 2.75) is 31.1 Å². The predicted octanol–water partition coefficient (Wildman–Crippen LogP) is 4.95. The van der Waals surface area contributed by atoms with Gasteiger partial charge in [0.2, 0.25) is 10.0 Å². The van der Waals surface area contributed by atoms with Gasteiger partial charge in [-0.1, -0.05) is 0 Å². The van der Waals surface area contributed by atoms with E-state index in [0.717, 1.165) is 17.7 Å². The largest absolute Gasteiger partial charge is 0.468 e. The van der Waals surface area contributed by atoms with Crippen molar-refractivity contribution in [2.24, 2.45) is 0 Å². The highest BCUT2D eigenvalue weighted by Gasteiger charge is 2.30. The number of rotatable bonds is 7. The van der Waals surface area contributed by atoms with E-state index in [4.69, 9.17) is 15.9 Å². The van der Waals surface area contributed by atoms with Crippen molar-refractivity contribution in [1.82, 2.24) is 8.87 Å². The standard InChI is InChI=1S/C24H23F3N4O3S/c1-16-12-30(20-7-4-18(5-8-20)24(25,26)27)13-17(16)14-31(15-21-3-2-10-34-21)35(32,33)23-9-6-19(28)11-22(23)29/h2-13H,14-15,28-29H2,1H3. The van der Waals surface area contributed by atoms with Crippen LogP contribution in [0.25, 0.3) is 5.69 Å². The zero-order valence-electron chi connectivity index (χ0n) is 18.7. The SMILES string of the molecule is Cc1cn(-c2ccc(C(F)(F)F)cc2)cc1CN(Cc1ccco1)S(=O)(=O)c1ccc(N)cc1N. The van der Waals surface area contributed by atoms with Crippen LogP contribution in [0.4, 0.5) is 24.5 Å². The Hall–Kier alpha value is -3.70. The van der Waals surface area contributed by atoms with Gasteiger partial charge < -0.3 is 20.5 Å². The molecule has 7 nitrogen and oxygen atoms in total. The van der Waals surface area contributed by atoms with E-state index in [1.807, 2.05) is 0 Å². The van der Waals surface area contributed by atoms with Crippen LogP contribution in [0.3, 0.4) is 0 Å². The monoisotopic (exact) mass is 504 g/mol. The van der Waals surface area contributed by atoms with Crippen LogP contribution in [0, 0.1) is 6.92 Å². The van der Waals surface area contributed by atoms with Crippen LogP contribution in [-0.2, 0) is 29.3 Å². The summed E-state index contributed by atoms with van der Waals surface area (Å²) in [5.41, 5.74) is 13.2. The number of aryl methyl sites for hydroxylation is 1. The van der Waals surface area contributed by atoms with Crippen LogP contribution < -0.4 is 11.5 Å². The van der Waals surface area contributed by atoms with Crippen LogP contribution in [0.2, 0.25) is 0 Å². The van der Waals surface area contributed by atoms with Crippen molar-refractivity contribution in [3.8, 4) is 5.69 Å². The molecule has 11 heteroatoms. The molecule has 0 unspecified atom stereocenters. The van der Waals surface area contributed by atoms with E-state index >= 15 is 0 Å². The zero-order chi connectivity index (χ0) is 25.4. The van der Waals surface area contributed by atoms with Gasteiger partial charge in [0.25, 0.3) is 0 Å². The third kappa shape index (κ3) is 5.20. The fourth-order valence-electron chi connectivity index (χ4n) is 3.67. The Bertz CT molecular complexity index is 1430. The number of halogens is 3. The first-order valence-electron chi connectivity index (χ1n) is 10.5. The minimum absolute atomic E-state index is 0.0215. The Kier molecular flexibility index (Phi) is 6.39. The molecule has 0 aliphatic heterocycles. The van der Waals surface area contributed by atoms with Crippen LogP contribution >= 0.6 is 0 Å². The zero-order valence-corrected chi connectivity index (χ0v) is 19.5. The van der Waals surface area contributed by atoms with Gasteiger partial charge in [-0.15, -0.1) is 0 Å². The number of benzene rings is 2. The number of furan rings is 1. The fourth-order valence-corrected chi connectivity index (χ4v) is 5.15. The summed E-state index contributed by atoms with van der Waals surface area (Å²) in [6, 6.07) is 12.2. The maximum Gasteiger partial charge on any atom is 0.416 e. The molecule has 2 heterocycles. The number of anilines is 2. The van der Waals surface area contributed by atoms with Gasteiger partial charge >= 0.3 is 6.18 Å². The third-order valence-electron chi connectivity index (χ3n) is 5.54. The summed E-state index contributed by atoms with van der Waals surface area (Å²) in [6.45, 7) is 1.72. The first kappa shape index (κ1) is 24.4. The molecular weight excluding hydrogens is 481 g/mol. The molecule has 0 bridgehead atoms. The first-order valence-corrected chi connectivity index (χ1v) is 11.9. The molecule has 0 amide bonds. The van der Waals surface area contributed by atoms with Gasteiger partial charge in [0, 0.05) is 30.3 Å². The fraction of sp³-hybridized carbons (Fsp3) is 0.167. The van der Waals surface area contributed by atoms with Gasteiger partial charge in [0.15, 0.2) is 0 Å². The lowest BCUT2D eigenvalue weighted by atomic mass is 10.2. The van der Waals surface area contributed by atoms with Crippen molar-refractivity contribution in [1.29, 1.82) is 0 Å². The molecule has 4 aromatic rings. The molecule has 0 saturated heterocycles. The summed E-state index contributed by atoms with van der Waals surface area (Å²) < 4.78 is 74.1. The smallest absolute Gasteiger partial charge is 0.416 e. The van der Waals surface area contributed by atoms with Crippen molar-refractivity contribution in [3.63, 3.8) is 0 Å². The molecule has 0 spiro atoms. The number of nitrogens with zero attached hydrogens (tertiary/aromatic N) is 2. The van der Waals surface area contributed by atoms with Gasteiger partial charge in [0.05, 0.1) is 24.1 Å². The summed E-state index contributed by atoms with van der Waals surface area (Å²) >= 11 is 0. The Morgan fingerprint density at radius 1 is 1.00 bits per heavy atom. The minimum atomic E-state index is -4.43. The number of alkyl halides is 3. The topological polar surface area (TPSA) is 107 Å². The van der Waals surface area contributed by atoms with Crippen LogP contribution in [0.1, 0.15) is 22.5 Å². The number of hydrogen-bond acceptors (Lipinski definition) is 5. The number of hydrogen-bond donors (Lipinski definition) is 2. The second-order valence-electron chi connectivity index (χ2n) is 8.07. The molecule has 2 aromatic carbocycles. The Morgan fingerprint density at radius 2 is 1.71 bits per heavy atom. The second-order valence-corrected chi connectivity index (χ2v) is 9.97. The maximum absolute atomic E-state index is 13.6. The quantitative estimate of drug-likeness (QED) is 0.346. The number of nitrogen functional groups attached to an aromatic ring is 2. The lowest BCUT2D eigenvalue weighted by Gasteiger charge is -2.22. The molecule has 0 saturated carbocycles. The molecule has 4 N–H and O–H groups in total. The Labute approximate surface area is 200 Å². The van der Waals surface area contributed by atoms with Crippen molar-refractivity contribution in [2.75, 3.05) is 11.5 Å². The highest BCUT2D eigenvalue weighted by atomic mass is 32.2. The van der Waals surface area contributed by atoms with Gasteiger partial charge in [0.1, 0.15) is 10.7 Å². The van der Waals surface area contributed by atoms with E-state index in [0.29, 0.717) is 22.7 Å². The predicted molar refractivity (Wildman–Crippen MR) is 126 cm³/mol. The summed E-state index contributed by atoms with van der Waals surface area (Å²) in [5.74, 6) is 0.433. The van der Waals surface area contributed by atoms with E-state index in [9.17, 15) is 21.6 Å². The first-order chi connectivity index (χ1) is 16.4. The molecule has 0 fully saturated rings. The summed E-state index contributed by atoms with van der Waals surface area (Å²) in [7, 11) is -4.06. The molecule has 2 aromatic heterocycles. The maximum atomic E-state index is 13.6. The molecule has 0 aliphatic rings. The van der Waals surface area contributed by atoms with Gasteiger partial charge in [-0.3, -0.25) is 0 Å². The van der Waals surface area contributed by atoms with E-state index in [1.165, 1.54) is 40.9 Å². The normalized spacial score (nSPS) is 12.4. The van der Waals surface area contributed by atoms with Crippen LogP contribution in [0.5, 0.6) is 0 Å². The number of nitrogens with two attached hydrogens (primary N) is 2. The lowest BCUT2D eigenvalue weighted by molar-refractivity contribution is -0.137. The molecule has 35 heavy (non-hydrogen) atoms. The molecule has 184 valence electrons. The summed E-state index contributed by atoms with van der Waals surface area (Å²) in [5, 5.41) is 0. The van der Waals surface area contributed by atoms with Crippen LogP contribution in [0.15, 0.2) is 82.6 Å². The van der Waals surface area contributed by atoms with Crippen molar-refractivity contribution in [3.05, 3.63) is 95.7 Å². The molecule has 0 radical (unpaired) electrons. The highest BCUT2D eigenvalue weighted by Crippen LogP contribution is 2.31. The molecule has 4 rings (SSSR count). The van der Waals surface area contributed by atoms with Gasteiger partial charge in [-0.05, 0) is 72.6 Å². The van der Waals surface area contributed by atoms with Gasteiger partial charge in [-0.2, -0.15) is 17.5 Å². The average molecular weight is 505 g/mol. The Morgan fingerprint density at radius 3 is 2.31 bits per heavy atom. The van der Waals surface area contributed by atoms with Gasteiger partial charge in [-0.25, -0.2) is 8.42 Å². The molecular formula is C24H23F3N4O3S. The molecule has 0 atom stereocenters. The Balaban J connectivity index is 1.68. The average Bonchev–Trinajstić information content (AvgIpc) is 3.42. The summed E-state index contributed by atoms with van der Waals surface area (Å²) in [6.07, 6.45) is 0.438. The number of aromatic nitrogens is 1. The van der Waals surface area contributed by atoms with Crippen molar-refractivity contribution < 1.29 is 26.0 Å². The minimum Gasteiger partial charge on any atom is -0.468 e. The lowest BCUT2D eigenvalue weighted by Crippen LogP contribution is -2.31. The number of sulfonamides is 1. The second kappa shape index (κ2) is 9.16. The highest BCUT2D eigenvalue weighted by molar-refractivity contribution is 7.89. The molecule has 0 aliphatic carbocycles.